The highest BCUT2D eigenvalue weighted by molar-refractivity contribution is 6.30. The largest absolute Gasteiger partial charge is 0.494 e. The molecule has 130 valence electrons. The molecule has 1 saturated carbocycles. The molecule has 0 aromatic heterocycles. The summed E-state index contributed by atoms with van der Waals surface area (Å²) < 4.78 is 5.63. The molecule has 3 rings (SSSR count). The lowest BCUT2D eigenvalue weighted by molar-refractivity contribution is -0.134. The third-order valence-corrected chi connectivity index (χ3v) is 4.84. The van der Waals surface area contributed by atoms with E-state index < -0.39 is 0 Å². The first-order valence-corrected chi connectivity index (χ1v) is 8.85. The number of rotatable bonds is 7. The minimum atomic E-state index is -0.180. The molecule has 2 fully saturated rings. The van der Waals surface area contributed by atoms with Crippen LogP contribution < -0.4 is 4.74 Å². The molecule has 2 amide bonds. The van der Waals surface area contributed by atoms with E-state index in [0.717, 1.165) is 25.0 Å². The number of hydrogen-bond acceptors (Lipinski definition) is 3. The van der Waals surface area contributed by atoms with Crippen molar-refractivity contribution in [3.63, 3.8) is 0 Å². The SMILES string of the molecule is CN(CCCOc1ccc(Cl)cc1)C(=O)C1CC(=O)N(C2CC2)C1. The molecule has 1 aliphatic heterocycles. The Hall–Kier alpha value is -1.75. The number of hydrogen-bond donors (Lipinski definition) is 0. The zero-order valence-electron chi connectivity index (χ0n) is 13.9. The highest BCUT2D eigenvalue weighted by Gasteiger charge is 2.42. The highest BCUT2D eigenvalue weighted by Crippen LogP contribution is 2.33. The van der Waals surface area contributed by atoms with E-state index in [4.69, 9.17) is 16.3 Å². The fourth-order valence-corrected chi connectivity index (χ4v) is 3.21. The maximum atomic E-state index is 12.5. The van der Waals surface area contributed by atoms with Gasteiger partial charge in [0.25, 0.3) is 0 Å². The minimum absolute atomic E-state index is 0.0676. The van der Waals surface area contributed by atoms with Gasteiger partial charge in [-0.2, -0.15) is 0 Å². The van der Waals surface area contributed by atoms with Crippen molar-refractivity contribution in [3.8, 4) is 5.75 Å². The molecule has 24 heavy (non-hydrogen) atoms. The second-order valence-corrected chi connectivity index (χ2v) is 7.03. The minimum Gasteiger partial charge on any atom is -0.494 e. The van der Waals surface area contributed by atoms with Gasteiger partial charge in [0.2, 0.25) is 11.8 Å². The van der Waals surface area contributed by atoms with Crippen LogP contribution in [0.1, 0.15) is 25.7 Å². The van der Waals surface area contributed by atoms with Gasteiger partial charge in [-0.1, -0.05) is 11.6 Å². The van der Waals surface area contributed by atoms with Crippen LogP contribution in [0.25, 0.3) is 0 Å². The fraction of sp³-hybridized carbons (Fsp3) is 0.556. The van der Waals surface area contributed by atoms with E-state index in [9.17, 15) is 9.59 Å². The third-order valence-electron chi connectivity index (χ3n) is 4.59. The van der Waals surface area contributed by atoms with Crippen LogP contribution in [0.3, 0.4) is 0 Å². The molecule has 0 radical (unpaired) electrons. The quantitative estimate of drug-likeness (QED) is 0.710. The Morgan fingerprint density at radius 2 is 2.04 bits per heavy atom. The summed E-state index contributed by atoms with van der Waals surface area (Å²) in [5.41, 5.74) is 0. The van der Waals surface area contributed by atoms with Gasteiger partial charge in [0.05, 0.1) is 12.5 Å². The number of nitrogens with zero attached hydrogens (tertiary/aromatic N) is 2. The number of benzene rings is 1. The number of likely N-dealkylation sites (tertiary alicyclic amines) is 1. The Kier molecular flexibility index (Phi) is 5.29. The van der Waals surface area contributed by atoms with Crippen molar-refractivity contribution in [3.05, 3.63) is 29.3 Å². The molecule has 1 aromatic rings. The first-order valence-electron chi connectivity index (χ1n) is 8.47. The summed E-state index contributed by atoms with van der Waals surface area (Å²) in [4.78, 5) is 28.0. The van der Waals surface area contributed by atoms with Crippen LogP contribution in [0.4, 0.5) is 0 Å². The summed E-state index contributed by atoms with van der Waals surface area (Å²) in [6, 6.07) is 7.62. The van der Waals surface area contributed by atoms with Gasteiger partial charge in [0.15, 0.2) is 0 Å². The van der Waals surface area contributed by atoms with E-state index in [-0.39, 0.29) is 17.7 Å². The molecular weight excluding hydrogens is 328 g/mol. The van der Waals surface area contributed by atoms with Crippen molar-refractivity contribution in [1.29, 1.82) is 0 Å². The standard InChI is InChI=1S/C18H23ClN2O3/c1-20(9-2-10-24-16-7-3-14(19)4-8-16)18(23)13-11-17(22)21(12-13)15-5-6-15/h3-4,7-8,13,15H,2,5-6,9-12H2,1H3. The first kappa shape index (κ1) is 17.1. The van der Waals surface area contributed by atoms with Gasteiger partial charge in [-0.25, -0.2) is 0 Å². The summed E-state index contributed by atoms with van der Waals surface area (Å²) in [5, 5.41) is 0.680. The maximum Gasteiger partial charge on any atom is 0.227 e. The average Bonchev–Trinajstić information content (AvgIpc) is 3.34. The Labute approximate surface area is 147 Å². The van der Waals surface area contributed by atoms with Crippen molar-refractivity contribution in [2.24, 2.45) is 5.92 Å². The second-order valence-electron chi connectivity index (χ2n) is 6.59. The Bertz CT molecular complexity index is 601. The lowest BCUT2D eigenvalue weighted by atomic mass is 10.1. The first-order chi connectivity index (χ1) is 11.5. The van der Waals surface area contributed by atoms with Gasteiger partial charge in [0.1, 0.15) is 5.75 Å². The van der Waals surface area contributed by atoms with Crippen LogP contribution in [-0.2, 0) is 9.59 Å². The Morgan fingerprint density at radius 3 is 2.71 bits per heavy atom. The summed E-state index contributed by atoms with van der Waals surface area (Å²) in [5.74, 6) is 0.795. The van der Waals surface area contributed by atoms with Gasteiger partial charge >= 0.3 is 0 Å². The third kappa shape index (κ3) is 4.20. The number of carbonyl (C=O) groups excluding carboxylic acids is 2. The molecule has 1 saturated heterocycles. The van der Waals surface area contributed by atoms with Crippen molar-refractivity contribution in [2.75, 3.05) is 26.7 Å². The van der Waals surface area contributed by atoms with E-state index in [1.807, 2.05) is 17.0 Å². The number of carbonyl (C=O) groups is 2. The molecule has 6 heteroatoms. The fourth-order valence-electron chi connectivity index (χ4n) is 3.08. The van der Waals surface area contributed by atoms with Crippen LogP contribution in [0.5, 0.6) is 5.75 Å². The Morgan fingerprint density at radius 1 is 1.33 bits per heavy atom. The molecule has 1 aromatic carbocycles. The van der Waals surface area contributed by atoms with E-state index >= 15 is 0 Å². The zero-order chi connectivity index (χ0) is 17.1. The summed E-state index contributed by atoms with van der Waals surface area (Å²) >= 11 is 5.83. The molecule has 0 spiro atoms. The molecule has 0 N–H and O–H groups in total. The molecule has 1 aliphatic carbocycles. The van der Waals surface area contributed by atoms with Crippen LogP contribution >= 0.6 is 11.6 Å². The summed E-state index contributed by atoms with van der Waals surface area (Å²) in [6.07, 6.45) is 3.29. The topological polar surface area (TPSA) is 49.9 Å². The van der Waals surface area contributed by atoms with Crippen molar-refractivity contribution in [2.45, 2.75) is 31.7 Å². The second kappa shape index (κ2) is 7.43. The molecule has 5 nitrogen and oxygen atoms in total. The molecule has 1 heterocycles. The smallest absolute Gasteiger partial charge is 0.227 e. The van der Waals surface area contributed by atoms with Crippen LogP contribution in [0.15, 0.2) is 24.3 Å². The van der Waals surface area contributed by atoms with E-state index in [0.29, 0.717) is 37.2 Å². The summed E-state index contributed by atoms with van der Waals surface area (Å²) in [6.45, 7) is 1.76. The monoisotopic (exact) mass is 350 g/mol. The highest BCUT2D eigenvalue weighted by atomic mass is 35.5. The molecular formula is C18H23ClN2O3. The maximum absolute atomic E-state index is 12.5. The van der Waals surface area contributed by atoms with Gasteiger partial charge < -0.3 is 14.5 Å². The normalized spacial score (nSPS) is 20.3. The number of halogens is 1. The van der Waals surface area contributed by atoms with Gasteiger partial charge in [-0.05, 0) is 43.5 Å². The molecule has 1 atom stereocenters. The van der Waals surface area contributed by atoms with Crippen molar-refractivity contribution in [1.82, 2.24) is 9.80 Å². The van der Waals surface area contributed by atoms with Gasteiger partial charge in [-0.3, -0.25) is 9.59 Å². The number of amides is 2. The summed E-state index contributed by atoms with van der Waals surface area (Å²) in [7, 11) is 1.80. The lowest BCUT2D eigenvalue weighted by Crippen LogP contribution is -2.36. The zero-order valence-corrected chi connectivity index (χ0v) is 14.7. The van der Waals surface area contributed by atoms with Gasteiger partial charge in [-0.15, -0.1) is 0 Å². The predicted octanol–water partition coefficient (Wildman–Crippen LogP) is 2.58. The molecule has 1 unspecified atom stereocenters. The van der Waals surface area contributed by atoms with E-state index in [1.54, 1.807) is 24.1 Å². The number of ether oxygens (including phenoxy) is 1. The molecule has 2 aliphatic rings. The van der Waals surface area contributed by atoms with Crippen LogP contribution in [0, 0.1) is 5.92 Å². The average molecular weight is 351 g/mol. The van der Waals surface area contributed by atoms with E-state index in [2.05, 4.69) is 0 Å². The predicted molar refractivity (Wildman–Crippen MR) is 92.0 cm³/mol. The van der Waals surface area contributed by atoms with Crippen molar-refractivity contribution >= 4 is 23.4 Å². The molecule has 0 bridgehead atoms. The lowest BCUT2D eigenvalue weighted by Gasteiger charge is -2.21. The Balaban J connectivity index is 1.38. The van der Waals surface area contributed by atoms with Crippen molar-refractivity contribution < 1.29 is 14.3 Å². The van der Waals surface area contributed by atoms with Crippen LogP contribution in [0.2, 0.25) is 5.02 Å². The van der Waals surface area contributed by atoms with E-state index in [1.165, 1.54) is 0 Å². The van der Waals surface area contributed by atoms with Gasteiger partial charge in [0, 0.05) is 37.6 Å². The van der Waals surface area contributed by atoms with Crippen LogP contribution in [-0.4, -0.2) is 54.4 Å².